The number of hydrogen-bond acceptors (Lipinski definition) is 2. The van der Waals surface area contributed by atoms with Gasteiger partial charge in [0.05, 0.1) is 0 Å². The highest BCUT2D eigenvalue weighted by molar-refractivity contribution is 5.93. The van der Waals surface area contributed by atoms with Crippen LogP contribution in [-0.2, 0) is 11.2 Å². The first-order valence-corrected chi connectivity index (χ1v) is 8.60. The molecule has 1 amide bonds. The molecule has 1 aromatic carbocycles. The van der Waals surface area contributed by atoms with Crippen LogP contribution in [0.1, 0.15) is 61.6 Å². The lowest BCUT2D eigenvalue weighted by Crippen LogP contribution is -2.19. The second-order valence-corrected chi connectivity index (χ2v) is 6.30. The van der Waals surface area contributed by atoms with Crippen LogP contribution in [0.25, 0.3) is 0 Å². The zero-order valence-electron chi connectivity index (χ0n) is 13.7. The molecular formula is C20H24N2O. The first kappa shape index (κ1) is 15.7. The number of carbonyl (C=O) groups is 1. The summed E-state index contributed by atoms with van der Waals surface area (Å²) < 4.78 is 0. The zero-order valence-corrected chi connectivity index (χ0v) is 13.7. The number of pyridine rings is 1. The van der Waals surface area contributed by atoms with Gasteiger partial charge in [-0.15, -0.1) is 0 Å². The number of nitrogens with one attached hydrogen (secondary N) is 1. The first-order valence-electron chi connectivity index (χ1n) is 8.60. The van der Waals surface area contributed by atoms with Crippen LogP contribution in [0.2, 0.25) is 0 Å². The summed E-state index contributed by atoms with van der Waals surface area (Å²) in [6, 6.07) is 10.7. The zero-order chi connectivity index (χ0) is 16.1. The summed E-state index contributed by atoms with van der Waals surface area (Å²) in [7, 11) is 0. The van der Waals surface area contributed by atoms with E-state index in [2.05, 4.69) is 41.5 Å². The summed E-state index contributed by atoms with van der Waals surface area (Å²) in [5, 5.41) is 2.97. The van der Waals surface area contributed by atoms with Gasteiger partial charge in [0.2, 0.25) is 5.91 Å². The SMILES string of the molecule is CCCCCC(c1cccnc1)c1ccc2c(c1)CCC(=O)N2. The molecule has 0 aliphatic carbocycles. The molecule has 23 heavy (non-hydrogen) atoms. The van der Waals surface area contributed by atoms with Crippen molar-refractivity contribution in [1.82, 2.24) is 4.98 Å². The Hall–Kier alpha value is -2.16. The Morgan fingerprint density at radius 2 is 2.09 bits per heavy atom. The van der Waals surface area contributed by atoms with Gasteiger partial charge in [0, 0.05) is 30.4 Å². The van der Waals surface area contributed by atoms with Crippen molar-refractivity contribution in [2.45, 2.75) is 51.4 Å². The molecule has 1 aliphatic heterocycles. The average Bonchev–Trinajstić information content (AvgIpc) is 2.59. The van der Waals surface area contributed by atoms with Crippen molar-refractivity contribution in [3.8, 4) is 0 Å². The maximum Gasteiger partial charge on any atom is 0.224 e. The maximum absolute atomic E-state index is 11.5. The first-order chi connectivity index (χ1) is 11.3. The quantitative estimate of drug-likeness (QED) is 0.787. The number of fused-ring (bicyclic) bond motifs is 1. The topological polar surface area (TPSA) is 42.0 Å². The van der Waals surface area contributed by atoms with Crippen molar-refractivity contribution in [3.05, 3.63) is 59.4 Å². The highest BCUT2D eigenvalue weighted by atomic mass is 16.1. The number of benzene rings is 1. The number of unbranched alkanes of at least 4 members (excludes halogenated alkanes) is 2. The molecule has 0 bridgehead atoms. The van der Waals surface area contributed by atoms with Crippen LogP contribution in [0.3, 0.4) is 0 Å². The summed E-state index contributed by atoms with van der Waals surface area (Å²) in [6.07, 6.45) is 10.1. The molecule has 2 aromatic rings. The van der Waals surface area contributed by atoms with Gasteiger partial charge in [-0.25, -0.2) is 0 Å². The minimum Gasteiger partial charge on any atom is -0.326 e. The second-order valence-electron chi connectivity index (χ2n) is 6.30. The number of rotatable bonds is 6. The molecule has 1 aromatic heterocycles. The van der Waals surface area contributed by atoms with Crippen molar-refractivity contribution < 1.29 is 4.79 Å². The van der Waals surface area contributed by atoms with E-state index in [4.69, 9.17) is 0 Å². The van der Waals surface area contributed by atoms with E-state index >= 15 is 0 Å². The monoisotopic (exact) mass is 308 g/mol. The van der Waals surface area contributed by atoms with Gasteiger partial charge in [0.1, 0.15) is 0 Å². The van der Waals surface area contributed by atoms with Crippen LogP contribution in [-0.4, -0.2) is 10.9 Å². The highest BCUT2D eigenvalue weighted by Crippen LogP contribution is 2.33. The van der Waals surface area contributed by atoms with Crippen molar-refractivity contribution in [2.24, 2.45) is 0 Å². The van der Waals surface area contributed by atoms with E-state index < -0.39 is 0 Å². The molecule has 1 atom stereocenters. The van der Waals surface area contributed by atoms with E-state index in [-0.39, 0.29) is 5.91 Å². The largest absolute Gasteiger partial charge is 0.326 e. The Morgan fingerprint density at radius 3 is 2.87 bits per heavy atom. The lowest BCUT2D eigenvalue weighted by Gasteiger charge is -2.22. The predicted molar refractivity (Wildman–Crippen MR) is 93.6 cm³/mol. The molecule has 1 unspecified atom stereocenters. The fourth-order valence-electron chi connectivity index (χ4n) is 3.33. The Labute approximate surface area is 138 Å². The molecule has 1 N–H and O–H groups in total. The minimum atomic E-state index is 0.122. The number of hydrogen-bond donors (Lipinski definition) is 1. The molecule has 2 heterocycles. The van der Waals surface area contributed by atoms with Crippen molar-refractivity contribution in [3.63, 3.8) is 0 Å². The fourth-order valence-corrected chi connectivity index (χ4v) is 3.33. The summed E-state index contributed by atoms with van der Waals surface area (Å²) in [5.41, 5.74) is 4.85. The van der Waals surface area contributed by atoms with Gasteiger partial charge < -0.3 is 5.32 Å². The lowest BCUT2D eigenvalue weighted by atomic mass is 9.86. The summed E-state index contributed by atoms with van der Waals surface area (Å²) in [6.45, 7) is 2.24. The molecule has 3 heteroatoms. The van der Waals surface area contributed by atoms with Gasteiger partial charge in [-0.2, -0.15) is 0 Å². The number of anilines is 1. The van der Waals surface area contributed by atoms with Gasteiger partial charge in [0.15, 0.2) is 0 Å². The minimum absolute atomic E-state index is 0.122. The molecule has 0 saturated carbocycles. The highest BCUT2D eigenvalue weighted by Gasteiger charge is 2.19. The number of amides is 1. The third kappa shape index (κ3) is 3.79. The number of aromatic nitrogens is 1. The number of nitrogens with zero attached hydrogens (tertiary/aromatic N) is 1. The van der Waals surface area contributed by atoms with E-state index in [1.165, 1.54) is 36.0 Å². The predicted octanol–water partition coefficient (Wildman–Crippen LogP) is 4.68. The third-order valence-corrected chi connectivity index (χ3v) is 4.61. The molecule has 0 spiro atoms. The van der Waals surface area contributed by atoms with Crippen molar-refractivity contribution >= 4 is 11.6 Å². The summed E-state index contributed by atoms with van der Waals surface area (Å²) >= 11 is 0. The van der Waals surface area contributed by atoms with E-state index in [1.54, 1.807) is 0 Å². The van der Waals surface area contributed by atoms with Crippen LogP contribution >= 0.6 is 0 Å². The molecule has 3 rings (SSSR count). The van der Waals surface area contributed by atoms with Crippen LogP contribution in [0.5, 0.6) is 0 Å². The summed E-state index contributed by atoms with van der Waals surface area (Å²) in [4.78, 5) is 15.8. The normalized spacial score (nSPS) is 14.9. The summed E-state index contributed by atoms with van der Waals surface area (Å²) in [5.74, 6) is 0.509. The maximum atomic E-state index is 11.5. The van der Waals surface area contributed by atoms with Gasteiger partial charge in [-0.05, 0) is 41.7 Å². The number of aryl methyl sites for hydroxylation is 1. The van der Waals surface area contributed by atoms with Gasteiger partial charge in [-0.3, -0.25) is 9.78 Å². The average molecular weight is 308 g/mol. The Balaban J connectivity index is 1.88. The van der Waals surface area contributed by atoms with Crippen molar-refractivity contribution in [2.75, 3.05) is 5.32 Å². The van der Waals surface area contributed by atoms with Crippen LogP contribution < -0.4 is 5.32 Å². The Kier molecular flexibility index (Phi) is 5.06. The van der Waals surface area contributed by atoms with E-state index in [0.717, 1.165) is 18.5 Å². The lowest BCUT2D eigenvalue weighted by molar-refractivity contribution is -0.116. The second kappa shape index (κ2) is 7.40. The van der Waals surface area contributed by atoms with Crippen LogP contribution in [0.15, 0.2) is 42.7 Å². The van der Waals surface area contributed by atoms with Gasteiger partial charge in [0.25, 0.3) is 0 Å². The standard InChI is InChI=1S/C20H24N2O/c1-2-3-4-7-18(17-6-5-12-21-14-17)15-8-10-19-16(13-15)9-11-20(23)22-19/h5-6,8,10,12-14,18H,2-4,7,9,11H2,1H3,(H,22,23). The Morgan fingerprint density at radius 1 is 1.17 bits per heavy atom. The molecule has 0 radical (unpaired) electrons. The van der Waals surface area contributed by atoms with E-state index in [9.17, 15) is 4.79 Å². The molecule has 120 valence electrons. The Bertz CT molecular complexity index is 667. The molecular weight excluding hydrogens is 284 g/mol. The van der Waals surface area contributed by atoms with Crippen LogP contribution in [0, 0.1) is 0 Å². The van der Waals surface area contributed by atoms with Crippen molar-refractivity contribution in [1.29, 1.82) is 0 Å². The molecule has 3 nitrogen and oxygen atoms in total. The number of carbonyl (C=O) groups excluding carboxylic acids is 1. The molecule has 0 saturated heterocycles. The van der Waals surface area contributed by atoms with E-state index in [1.807, 2.05) is 18.5 Å². The molecule has 0 fully saturated rings. The fraction of sp³-hybridized carbons (Fsp3) is 0.400. The smallest absolute Gasteiger partial charge is 0.224 e. The van der Waals surface area contributed by atoms with Crippen LogP contribution in [0.4, 0.5) is 5.69 Å². The van der Waals surface area contributed by atoms with Gasteiger partial charge >= 0.3 is 0 Å². The van der Waals surface area contributed by atoms with E-state index in [0.29, 0.717) is 12.3 Å². The van der Waals surface area contributed by atoms with Gasteiger partial charge in [-0.1, -0.05) is 44.4 Å². The third-order valence-electron chi connectivity index (χ3n) is 4.61. The molecule has 1 aliphatic rings.